The number of rotatable bonds is 6. The maximum absolute atomic E-state index is 13.3. The Bertz CT molecular complexity index is 711. The van der Waals surface area contributed by atoms with E-state index in [1.54, 1.807) is 19.5 Å². The molecule has 3 heterocycles. The number of urea groups is 1. The predicted octanol–water partition coefficient (Wildman–Crippen LogP) is 2.40. The highest BCUT2D eigenvalue weighted by molar-refractivity contribution is 6.07. The van der Waals surface area contributed by atoms with Crippen molar-refractivity contribution < 1.29 is 14.3 Å². The first-order valence-corrected chi connectivity index (χ1v) is 10.0. The van der Waals surface area contributed by atoms with Gasteiger partial charge in [-0.1, -0.05) is 27.7 Å². The average Bonchev–Trinajstić information content (AvgIpc) is 2.84. The molecule has 0 aromatic carbocycles. The van der Waals surface area contributed by atoms with Gasteiger partial charge in [0.15, 0.2) is 5.75 Å². The Morgan fingerprint density at radius 2 is 1.61 bits per heavy atom. The molecule has 3 amide bonds. The van der Waals surface area contributed by atoms with Crippen molar-refractivity contribution >= 4 is 17.9 Å². The number of carbonyl (C=O) groups is 2. The molecule has 1 aromatic heterocycles. The van der Waals surface area contributed by atoms with Crippen LogP contribution in [0.1, 0.15) is 40.5 Å². The molecule has 2 fully saturated rings. The van der Waals surface area contributed by atoms with Crippen LogP contribution < -0.4 is 9.64 Å². The first-order valence-electron chi connectivity index (χ1n) is 10.0. The molecule has 0 bridgehead atoms. The third-order valence-corrected chi connectivity index (χ3v) is 5.44. The summed E-state index contributed by atoms with van der Waals surface area (Å²) >= 11 is 0. The van der Waals surface area contributed by atoms with Crippen LogP contribution >= 0.6 is 0 Å². The molecule has 0 radical (unpaired) electrons. The zero-order valence-electron chi connectivity index (χ0n) is 17.5. The number of hydrogen-bond acceptors (Lipinski definition) is 6. The van der Waals surface area contributed by atoms with Gasteiger partial charge in [-0.3, -0.25) is 9.69 Å². The van der Waals surface area contributed by atoms with Crippen LogP contribution in [0.4, 0.5) is 10.7 Å². The van der Waals surface area contributed by atoms with Crippen molar-refractivity contribution in [2.75, 3.05) is 38.2 Å². The lowest BCUT2D eigenvalue weighted by atomic mass is 9.85. The Morgan fingerprint density at radius 3 is 2.11 bits per heavy atom. The summed E-state index contributed by atoms with van der Waals surface area (Å²) in [4.78, 5) is 40.5. The SMILES string of the molecule is COc1cnc(N2CCC3(CC2)C(=O)N(CC(C)C)C(=O)N3CC(C)C)nc1. The molecule has 8 nitrogen and oxygen atoms in total. The summed E-state index contributed by atoms with van der Waals surface area (Å²) in [7, 11) is 1.58. The van der Waals surface area contributed by atoms with Crippen LogP contribution in [0.15, 0.2) is 12.4 Å². The van der Waals surface area contributed by atoms with Gasteiger partial charge in [0, 0.05) is 26.2 Å². The topological polar surface area (TPSA) is 78.9 Å². The molecule has 2 aliphatic rings. The summed E-state index contributed by atoms with van der Waals surface area (Å²) in [5.74, 6) is 1.75. The molecule has 3 rings (SSSR count). The smallest absolute Gasteiger partial charge is 0.327 e. The van der Waals surface area contributed by atoms with Crippen molar-refractivity contribution in [1.29, 1.82) is 0 Å². The van der Waals surface area contributed by atoms with E-state index in [0.717, 1.165) is 0 Å². The maximum Gasteiger partial charge on any atom is 0.327 e. The molecule has 28 heavy (non-hydrogen) atoms. The number of piperidine rings is 1. The fraction of sp³-hybridized carbons (Fsp3) is 0.700. The maximum atomic E-state index is 13.3. The molecule has 0 saturated carbocycles. The molecular formula is C20H31N5O3. The fourth-order valence-corrected chi connectivity index (χ4v) is 4.06. The van der Waals surface area contributed by atoms with Crippen molar-refractivity contribution in [3.05, 3.63) is 12.4 Å². The van der Waals surface area contributed by atoms with Crippen molar-refractivity contribution in [2.24, 2.45) is 11.8 Å². The van der Waals surface area contributed by atoms with Gasteiger partial charge in [0.1, 0.15) is 5.54 Å². The molecular weight excluding hydrogens is 358 g/mol. The van der Waals surface area contributed by atoms with Crippen LogP contribution in [0.5, 0.6) is 5.75 Å². The van der Waals surface area contributed by atoms with Gasteiger partial charge in [-0.25, -0.2) is 14.8 Å². The minimum atomic E-state index is -0.737. The van der Waals surface area contributed by atoms with E-state index in [1.165, 1.54) is 4.90 Å². The summed E-state index contributed by atoms with van der Waals surface area (Å²) in [6.07, 6.45) is 4.47. The Hall–Kier alpha value is -2.38. The van der Waals surface area contributed by atoms with Gasteiger partial charge in [-0.15, -0.1) is 0 Å². The lowest BCUT2D eigenvalue weighted by Gasteiger charge is -2.42. The van der Waals surface area contributed by atoms with Gasteiger partial charge in [0.2, 0.25) is 5.95 Å². The van der Waals surface area contributed by atoms with Gasteiger partial charge in [0.25, 0.3) is 5.91 Å². The minimum absolute atomic E-state index is 0.0397. The van der Waals surface area contributed by atoms with E-state index in [1.807, 2.05) is 18.7 Å². The van der Waals surface area contributed by atoms with Crippen LogP contribution in [0, 0.1) is 11.8 Å². The second-order valence-electron chi connectivity index (χ2n) is 8.54. The summed E-state index contributed by atoms with van der Waals surface area (Å²) in [5, 5.41) is 0. The van der Waals surface area contributed by atoms with Crippen LogP contribution in [-0.2, 0) is 4.79 Å². The fourth-order valence-electron chi connectivity index (χ4n) is 4.06. The highest BCUT2D eigenvalue weighted by atomic mass is 16.5. The quantitative estimate of drug-likeness (QED) is 0.695. The van der Waals surface area contributed by atoms with Gasteiger partial charge >= 0.3 is 6.03 Å². The number of amides is 3. The molecule has 2 saturated heterocycles. The van der Waals surface area contributed by atoms with Crippen molar-refractivity contribution in [1.82, 2.24) is 19.8 Å². The van der Waals surface area contributed by atoms with Gasteiger partial charge in [-0.2, -0.15) is 0 Å². The Kier molecular flexibility index (Phi) is 5.76. The molecule has 154 valence electrons. The van der Waals surface area contributed by atoms with E-state index in [0.29, 0.717) is 56.6 Å². The Morgan fingerprint density at radius 1 is 1.04 bits per heavy atom. The first-order chi connectivity index (χ1) is 13.3. The number of carbonyl (C=O) groups excluding carboxylic acids is 2. The van der Waals surface area contributed by atoms with Crippen molar-refractivity contribution in [2.45, 2.75) is 46.1 Å². The molecule has 1 aromatic rings. The van der Waals surface area contributed by atoms with Crippen LogP contribution in [0.3, 0.4) is 0 Å². The molecule has 1 spiro atoms. The zero-order chi connectivity index (χ0) is 20.5. The number of imide groups is 1. The summed E-state index contributed by atoms with van der Waals surface area (Å²) < 4.78 is 5.12. The normalized spacial score (nSPS) is 19.5. The lowest BCUT2D eigenvalue weighted by molar-refractivity contribution is -0.134. The van der Waals surface area contributed by atoms with E-state index >= 15 is 0 Å². The van der Waals surface area contributed by atoms with E-state index in [9.17, 15) is 9.59 Å². The molecule has 2 aliphatic heterocycles. The van der Waals surface area contributed by atoms with E-state index < -0.39 is 5.54 Å². The molecule has 8 heteroatoms. The molecule has 0 atom stereocenters. The van der Waals surface area contributed by atoms with E-state index in [4.69, 9.17) is 4.74 Å². The van der Waals surface area contributed by atoms with Crippen molar-refractivity contribution in [3.8, 4) is 5.75 Å². The standard InChI is InChI=1S/C20H31N5O3/c1-14(2)12-24-17(26)20(25(19(24)27)13-15(3)4)6-8-23(9-7-20)18-21-10-16(28-5)11-22-18/h10-11,14-15H,6-9,12-13H2,1-5H3. The van der Waals surface area contributed by atoms with Gasteiger partial charge < -0.3 is 14.5 Å². The summed E-state index contributed by atoms with van der Waals surface area (Å²) in [5.41, 5.74) is -0.737. The highest BCUT2D eigenvalue weighted by Crippen LogP contribution is 2.38. The average molecular weight is 390 g/mol. The number of aromatic nitrogens is 2. The minimum Gasteiger partial charge on any atom is -0.494 e. The van der Waals surface area contributed by atoms with E-state index in [2.05, 4.69) is 28.7 Å². The third kappa shape index (κ3) is 3.64. The highest BCUT2D eigenvalue weighted by Gasteiger charge is 2.58. The monoisotopic (exact) mass is 389 g/mol. The number of hydrogen-bond donors (Lipinski definition) is 0. The Balaban J connectivity index is 1.80. The lowest BCUT2D eigenvalue weighted by Crippen LogP contribution is -2.57. The number of nitrogens with zero attached hydrogens (tertiary/aromatic N) is 5. The van der Waals surface area contributed by atoms with E-state index in [-0.39, 0.29) is 17.9 Å². The molecule has 0 aliphatic carbocycles. The number of ether oxygens (including phenoxy) is 1. The molecule has 0 unspecified atom stereocenters. The van der Waals surface area contributed by atoms with Crippen LogP contribution in [0.25, 0.3) is 0 Å². The van der Waals surface area contributed by atoms with Gasteiger partial charge in [0.05, 0.1) is 19.5 Å². The molecule has 0 N–H and O–H groups in total. The summed E-state index contributed by atoms with van der Waals surface area (Å²) in [6.45, 7) is 10.6. The first kappa shape index (κ1) is 20.4. The Labute approximate surface area is 166 Å². The van der Waals surface area contributed by atoms with Crippen LogP contribution in [-0.4, -0.2) is 70.5 Å². The second-order valence-corrected chi connectivity index (χ2v) is 8.54. The number of methoxy groups -OCH3 is 1. The predicted molar refractivity (Wildman–Crippen MR) is 106 cm³/mol. The third-order valence-electron chi connectivity index (χ3n) is 5.44. The van der Waals surface area contributed by atoms with Gasteiger partial charge in [-0.05, 0) is 24.7 Å². The number of anilines is 1. The van der Waals surface area contributed by atoms with Crippen molar-refractivity contribution in [3.63, 3.8) is 0 Å². The zero-order valence-corrected chi connectivity index (χ0v) is 17.5. The second kappa shape index (κ2) is 7.93. The largest absolute Gasteiger partial charge is 0.494 e. The van der Waals surface area contributed by atoms with Crippen LogP contribution in [0.2, 0.25) is 0 Å². The summed E-state index contributed by atoms with van der Waals surface area (Å²) in [6, 6.07) is -0.137.